The zero-order valence-corrected chi connectivity index (χ0v) is 16.3. The number of hydrogen-bond acceptors (Lipinski definition) is 4. The van der Waals surface area contributed by atoms with Crippen LogP contribution in [0.1, 0.15) is 17.0 Å². The fraction of sp³-hybridized carbons (Fsp3) is 0.0800. The summed E-state index contributed by atoms with van der Waals surface area (Å²) in [4.78, 5) is 0. The van der Waals surface area contributed by atoms with Crippen LogP contribution in [0.25, 0.3) is 22.4 Å². The van der Waals surface area contributed by atoms with Gasteiger partial charge in [0.1, 0.15) is 11.7 Å². The molecule has 4 aromatic rings. The summed E-state index contributed by atoms with van der Waals surface area (Å²) in [6.07, 6.45) is 0. The lowest BCUT2D eigenvalue weighted by molar-refractivity contribution is 0.432. The van der Waals surface area contributed by atoms with Gasteiger partial charge in [0.25, 0.3) is 0 Å². The minimum Gasteiger partial charge on any atom is -0.422 e. The molecule has 2 atom stereocenters. The fourth-order valence-corrected chi connectivity index (χ4v) is 4.06. The van der Waals surface area contributed by atoms with E-state index >= 15 is 0 Å². The Morgan fingerprint density at radius 1 is 0.903 bits per heavy atom. The Bertz CT molecular complexity index is 1310. The Morgan fingerprint density at radius 3 is 2.26 bits per heavy atom. The maximum absolute atomic E-state index is 14.7. The van der Waals surface area contributed by atoms with Crippen molar-refractivity contribution in [3.8, 4) is 34.3 Å². The molecule has 0 fully saturated rings. The molecular formula is C25H17FN4O. The molecule has 0 aliphatic carbocycles. The first-order chi connectivity index (χ1) is 15.2. The van der Waals surface area contributed by atoms with Gasteiger partial charge in [-0.1, -0.05) is 72.8 Å². The summed E-state index contributed by atoms with van der Waals surface area (Å²) in [5, 5.41) is 25.1. The highest BCUT2D eigenvalue weighted by molar-refractivity contribution is 5.86. The van der Waals surface area contributed by atoms with Crippen LogP contribution in [0.15, 0.2) is 78.9 Å². The van der Waals surface area contributed by atoms with Gasteiger partial charge < -0.3 is 4.74 Å². The zero-order chi connectivity index (χ0) is 21.4. The quantitative estimate of drug-likeness (QED) is 0.468. The molecule has 3 aromatic carbocycles. The highest BCUT2D eigenvalue weighted by Gasteiger charge is 2.41. The van der Waals surface area contributed by atoms with Crippen molar-refractivity contribution in [2.45, 2.75) is 5.92 Å². The molecule has 0 amide bonds. The lowest BCUT2D eigenvalue weighted by Gasteiger charge is -2.28. The molecule has 2 heterocycles. The van der Waals surface area contributed by atoms with Crippen molar-refractivity contribution in [1.29, 1.82) is 10.7 Å². The smallest absolute Gasteiger partial charge is 0.244 e. The second kappa shape index (κ2) is 7.54. The van der Waals surface area contributed by atoms with Crippen molar-refractivity contribution in [3.05, 3.63) is 95.8 Å². The van der Waals surface area contributed by atoms with Gasteiger partial charge in [-0.15, -0.1) is 5.10 Å². The minimum atomic E-state index is -0.954. The fourth-order valence-electron chi connectivity index (χ4n) is 4.06. The zero-order valence-electron chi connectivity index (χ0n) is 16.3. The molecule has 150 valence electrons. The number of fused-ring (bicyclic) bond motifs is 1. The van der Waals surface area contributed by atoms with Crippen LogP contribution < -0.4 is 4.74 Å². The molecule has 5 rings (SSSR count). The van der Waals surface area contributed by atoms with Crippen molar-refractivity contribution < 1.29 is 9.13 Å². The monoisotopic (exact) mass is 408 g/mol. The molecule has 5 nitrogen and oxygen atoms in total. The van der Waals surface area contributed by atoms with Gasteiger partial charge >= 0.3 is 0 Å². The molecule has 1 aliphatic heterocycles. The first-order valence-electron chi connectivity index (χ1n) is 9.82. The lowest BCUT2D eigenvalue weighted by atomic mass is 9.78. The number of nitriles is 1. The summed E-state index contributed by atoms with van der Waals surface area (Å²) in [5.74, 6) is -2.12. The average molecular weight is 408 g/mol. The van der Waals surface area contributed by atoms with Gasteiger partial charge in [-0.05, 0) is 22.8 Å². The molecule has 2 N–H and O–H groups in total. The number of halogens is 1. The maximum Gasteiger partial charge on any atom is 0.244 e. The topological polar surface area (TPSA) is 85.6 Å². The van der Waals surface area contributed by atoms with Gasteiger partial charge in [0.05, 0.1) is 17.3 Å². The van der Waals surface area contributed by atoms with Crippen LogP contribution in [0.2, 0.25) is 0 Å². The minimum absolute atomic E-state index is 0.201. The van der Waals surface area contributed by atoms with Crippen molar-refractivity contribution in [2.75, 3.05) is 0 Å². The van der Waals surface area contributed by atoms with E-state index in [0.717, 1.165) is 16.7 Å². The predicted molar refractivity (Wildman–Crippen MR) is 115 cm³/mol. The molecule has 1 aliphatic rings. The van der Waals surface area contributed by atoms with Crippen molar-refractivity contribution >= 4 is 5.90 Å². The normalized spacial score (nSPS) is 17.5. The van der Waals surface area contributed by atoms with Crippen molar-refractivity contribution in [1.82, 2.24) is 10.2 Å². The second-order valence-electron chi connectivity index (χ2n) is 7.33. The predicted octanol–water partition coefficient (Wildman–Crippen LogP) is 5.52. The SMILES string of the molecule is N#CC1C(=N)Oc2n[nH]c(-c3ccc(-c4ccccc4)cc3)c2C1c1ccccc1F. The van der Waals surface area contributed by atoms with E-state index in [1.54, 1.807) is 18.2 Å². The molecular weight excluding hydrogens is 391 g/mol. The Balaban J connectivity index is 1.63. The van der Waals surface area contributed by atoms with Crippen LogP contribution in [0.5, 0.6) is 5.88 Å². The highest BCUT2D eigenvalue weighted by Crippen LogP contribution is 2.46. The Labute approximate surface area is 178 Å². The van der Waals surface area contributed by atoms with Crippen LogP contribution in [-0.2, 0) is 0 Å². The van der Waals surface area contributed by atoms with E-state index in [0.29, 0.717) is 16.8 Å². The molecule has 6 heteroatoms. The molecule has 0 saturated heterocycles. The first-order valence-corrected chi connectivity index (χ1v) is 9.82. The van der Waals surface area contributed by atoms with E-state index in [-0.39, 0.29) is 11.8 Å². The number of H-pyrrole nitrogens is 1. The van der Waals surface area contributed by atoms with Crippen LogP contribution in [0, 0.1) is 28.5 Å². The van der Waals surface area contributed by atoms with Gasteiger partial charge in [0.15, 0.2) is 0 Å². The number of hydrogen-bond donors (Lipinski definition) is 2. The summed E-state index contributed by atoms with van der Waals surface area (Å²) in [6.45, 7) is 0. The number of ether oxygens (including phenoxy) is 1. The molecule has 0 bridgehead atoms. The van der Waals surface area contributed by atoms with Crippen molar-refractivity contribution in [2.24, 2.45) is 5.92 Å². The van der Waals surface area contributed by atoms with Gasteiger partial charge in [-0.25, -0.2) is 4.39 Å². The lowest BCUT2D eigenvalue weighted by Crippen LogP contribution is -2.31. The van der Waals surface area contributed by atoms with Crippen LogP contribution in [-0.4, -0.2) is 16.1 Å². The summed E-state index contributed by atoms with van der Waals surface area (Å²) >= 11 is 0. The van der Waals surface area contributed by atoms with E-state index in [2.05, 4.69) is 16.3 Å². The third kappa shape index (κ3) is 3.17. The van der Waals surface area contributed by atoms with Crippen LogP contribution in [0.3, 0.4) is 0 Å². The van der Waals surface area contributed by atoms with E-state index in [9.17, 15) is 9.65 Å². The Morgan fingerprint density at radius 2 is 1.55 bits per heavy atom. The summed E-state index contributed by atoms with van der Waals surface area (Å²) in [6, 6.07) is 26.4. The highest BCUT2D eigenvalue weighted by atomic mass is 19.1. The van der Waals surface area contributed by atoms with Gasteiger partial charge in [0, 0.05) is 11.5 Å². The molecule has 31 heavy (non-hydrogen) atoms. The summed E-state index contributed by atoms with van der Waals surface area (Å²) in [7, 11) is 0. The molecule has 1 aromatic heterocycles. The van der Waals surface area contributed by atoms with Crippen molar-refractivity contribution in [3.63, 3.8) is 0 Å². The van der Waals surface area contributed by atoms with Gasteiger partial charge in [0.2, 0.25) is 11.8 Å². The molecule has 0 spiro atoms. The standard InChI is InChI=1S/C25H17FN4O/c26-20-9-5-4-8-18(20)21-19(14-27)24(28)31-25-22(21)23(29-30-25)17-12-10-16(11-13-17)15-6-2-1-3-7-15/h1-13,19,21,28H,(H,29,30). The number of aromatic amines is 1. The first kappa shape index (κ1) is 18.8. The maximum atomic E-state index is 14.7. The van der Waals surface area contributed by atoms with Gasteiger partial charge in [-0.2, -0.15) is 5.26 Å². The Kier molecular flexibility index (Phi) is 4.57. The molecule has 0 radical (unpaired) electrons. The number of nitrogens with zero attached hydrogens (tertiary/aromatic N) is 2. The molecule has 2 unspecified atom stereocenters. The third-order valence-corrected chi connectivity index (χ3v) is 5.56. The molecule has 0 saturated carbocycles. The third-order valence-electron chi connectivity index (χ3n) is 5.56. The number of rotatable bonds is 3. The number of aromatic nitrogens is 2. The largest absolute Gasteiger partial charge is 0.422 e. The van der Waals surface area contributed by atoms with E-state index in [1.165, 1.54) is 6.07 Å². The summed E-state index contributed by atoms with van der Waals surface area (Å²) < 4.78 is 20.3. The second-order valence-corrected chi connectivity index (χ2v) is 7.33. The average Bonchev–Trinajstić information content (AvgIpc) is 3.23. The van der Waals surface area contributed by atoms with Crippen LogP contribution >= 0.6 is 0 Å². The summed E-state index contributed by atoms with van der Waals surface area (Å²) in [5.41, 5.74) is 4.58. The van der Waals surface area contributed by atoms with E-state index in [1.807, 2.05) is 54.6 Å². The van der Waals surface area contributed by atoms with Crippen LogP contribution in [0.4, 0.5) is 4.39 Å². The number of benzene rings is 3. The van der Waals surface area contributed by atoms with Gasteiger partial charge in [-0.3, -0.25) is 10.5 Å². The Hall–Kier alpha value is -4.24. The van der Waals surface area contributed by atoms with E-state index < -0.39 is 17.7 Å². The number of nitrogens with one attached hydrogen (secondary N) is 2. The van der Waals surface area contributed by atoms with E-state index in [4.69, 9.17) is 10.1 Å².